The van der Waals surface area contributed by atoms with Crippen LogP contribution in [0.25, 0.3) is 0 Å². The van der Waals surface area contributed by atoms with Crippen LogP contribution in [0.2, 0.25) is 0 Å². The van der Waals surface area contributed by atoms with Gasteiger partial charge in [0.25, 0.3) is 0 Å². The molecule has 0 aromatic carbocycles. The van der Waals surface area contributed by atoms with E-state index in [-0.39, 0.29) is 11.1 Å². The molecule has 0 aliphatic heterocycles. The van der Waals surface area contributed by atoms with E-state index in [1.165, 1.54) is 25.7 Å². The predicted octanol–water partition coefficient (Wildman–Crippen LogP) is 0.700. The second-order valence-corrected chi connectivity index (χ2v) is 3.53. The van der Waals surface area contributed by atoms with Crippen LogP contribution < -0.4 is 17.2 Å². The highest BCUT2D eigenvalue weighted by Crippen LogP contribution is 2.32. The van der Waals surface area contributed by atoms with E-state index in [1.54, 1.807) is 0 Å². The average molecular weight is 202 g/mol. The summed E-state index contributed by atoms with van der Waals surface area (Å²) in [6.07, 6.45) is 5.92. The number of guanidine groups is 1. The van der Waals surface area contributed by atoms with E-state index >= 15 is 0 Å². The third-order valence-corrected chi connectivity index (χ3v) is 1.72. The molecule has 0 aromatic heterocycles. The molecule has 76 valence electrons. The van der Waals surface area contributed by atoms with Gasteiger partial charge in [0.1, 0.15) is 0 Å². The summed E-state index contributed by atoms with van der Waals surface area (Å²) < 4.78 is 0. The van der Waals surface area contributed by atoms with Crippen LogP contribution in [-0.2, 0) is 0 Å². The quantitative estimate of drug-likeness (QED) is 0.349. The van der Waals surface area contributed by atoms with Crippen molar-refractivity contribution in [2.75, 3.05) is 0 Å². The van der Waals surface area contributed by atoms with Crippen LogP contribution in [0.1, 0.15) is 32.6 Å². The first-order chi connectivity index (χ1) is 6.06. The molecule has 0 heterocycles. The first kappa shape index (κ1) is 12.2. The topological polar surface area (TPSA) is 90.4 Å². The molecule has 1 fully saturated rings. The Kier molecular flexibility index (Phi) is 6.22. The maximum atomic E-state index is 4.88. The van der Waals surface area contributed by atoms with E-state index in [2.05, 4.69) is 24.1 Å². The van der Waals surface area contributed by atoms with Crippen LogP contribution in [0, 0.1) is 5.92 Å². The summed E-state index contributed by atoms with van der Waals surface area (Å²) in [7, 11) is 0. The van der Waals surface area contributed by atoms with Gasteiger partial charge in [-0.2, -0.15) is 4.99 Å². The molecule has 13 heavy (non-hydrogen) atoms. The minimum absolute atomic E-state index is 0.0417. The van der Waals surface area contributed by atoms with E-state index < -0.39 is 0 Å². The summed E-state index contributed by atoms with van der Waals surface area (Å²) in [4.78, 5) is 3.26. The Morgan fingerprint density at radius 2 is 1.92 bits per heavy atom. The highest BCUT2D eigenvalue weighted by molar-refractivity contribution is 7.80. The standard InChI is InChI=1S/C6H12.C2H6N4S/c1-2-3-6-4-5-6;3-1(4)6-2(5)7/h6H,2-5H2,1H3;(H6,3,4,5,6,7). The number of nitrogens with zero attached hydrogens (tertiary/aromatic N) is 1. The second kappa shape index (κ2) is 6.65. The molecule has 5 heteroatoms. The van der Waals surface area contributed by atoms with Crippen LogP contribution in [-0.4, -0.2) is 11.1 Å². The zero-order chi connectivity index (χ0) is 10.3. The number of hydrogen-bond acceptors (Lipinski definition) is 1. The van der Waals surface area contributed by atoms with Crippen molar-refractivity contribution in [1.82, 2.24) is 0 Å². The lowest BCUT2D eigenvalue weighted by Gasteiger charge is -1.84. The first-order valence-electron chi connectivity index (χ1n) is 4.45. The molecule has 0 bridgehead atoms. The second-order valence-electron chi connectivity index (χ2n) is 3.11. The van der Waals surface area contributed by atoms with Gasteiger partial charge in [-0.05, 0) is 18.1 Å². The lowest BCUT2D eigenvalue weighted by atomic mass is 10.2. The average Bonchev–Trinajstić information content (AvgIpc) is 2.69. The zero-order valence-electron chi connectivity index (χ0n) is 7.99. The molecule has 0 spiro atoms. The smallest absolute Gasteiger partial charge is 0.193 e. The van der Waals surface area contributed by atoms with Crippen molar-refractivity contribution in [2.24, 2.45) is 28.1 Å². The summed E-state index contributed by atoms with van der Waals surface area (Å²) in [6.45, 7) is 2.26. The molecule has 1 aliphatic rings. The monoisotopic (exact) mass is 202 g/mol. The minimum atomic E-state index is -0.104. The Hall–Kier alpha value is -0.840. The molecule has 1 rings (SSSR count). The Morgan fingerprint density at radius 1 is 1.38 bits per heavy atom. The maximum absolute atomic E-state index is 4.88. The molecule has 0 saturated heterocycles. The van der Waals surface area contributed by atoms with Gasteiger partial charge in [-0.15, -0.1) is 0 Å². The fourth-order valence-electron chi connectivity index (χ4n) is 0.942. The number of rotatable bonds is 2. The van der Waals surface area contributed by atoms with Gasteiger partial charge in [-0.25, -0.2) is 0 Å². The molecular weight excluding hydrogens is 184 g/mol. The molecule has 0 aromatic rings. The van der Waals surface area contributed by atoms with Crippen molar-refractivity contribution in [2.45, 2.75) is 32.6 Å². The number of aliphatic imine (C=N–C) groups is 1. The van der Waals surface area contributed by atoms with Crippen LogP contribution in [0.3, 0.4) is 0 Å². The normalized spacial score (nSPS) is 13.9. The first-order valence-corrected chi connectivity index (χ1v) is 4.86. The lowest BCUT2D eigenvalue weighted by Crippen LogP contribution is -2.25. The number of thiocarbonyl (C=S) groups is 1. The Bertz CT molecular complexity index is 183. The highest BCUT2D eigenvalue weighted by Gasteiger charge is 2.18. The third-order valence-electron chi connectivity index (χ3n) is 1.63. The molecule has 4 nitrogen and oxygen atoms in total. The van der Waals surface area contributed by atoms with Crippen LogP contribution >= 0.6 is 12.2 Å². The van der Waals surface area contributed by atoms with E-state index in [0.717, 1.165) is 5.92 Å². The predicted molar refractivity (Wildman–Crippen MR) is 60.2 cm³/mol. The van der Waals surface area contributed by atoms with Crippen molar-refractivity contribution in [3.8, 4) is 0 Å². The Labute approximate surface area is 84.6 Å². The zero-order valence-corrected chi connectivity index (χ0v) is 8.81. The van der Waals surface area contributed by atoms with Gasteiger partial charge in [0.05, 0.1) is 0 Å². The van der Waals surface area contributed by atoms with Gasteiger partial charge in [0.2, 0.25) is 0 Å². The summed E-state index contributed by atoms with van der Waals surface area (Å²) in [5, 5.41) is -0.0417. The van der Waals surface area contributed by atoms with Crippen LogP contribution in [0.4, 0.5) is 0 Å². The molecule has 1 aliphatic carbocycles. The molecular formula is C8H18N4S. The van der Waals surface area contributed by atoms with E-state index in [4.69, 9.17) is 17.2 Å². The Morgan fingerprint density at radius 3 is 2.00 bits per heavy atom. The lowest BCUT2D eigenvalue weighted by molar-refractivity contribution is 0.708. The van der Waals surface area contributed by atoms with E-state index in [0.29, 0.717) is 0 Å². The summed E-state index contributed by atoms with van der Waals surface area (Å²) in [5.74, 6) is 1.04. The molecule has 0 atom stereocenters. The van der Waals surface area contributed by atoms with Crippen molar-refractivity contribution < 1.29 is 0 Å². The van der Waals surface area contributed by atoms with Gasteiger partial charge in [0.15, 0.2) is 11.1 Å². The SMILES string of the molecule is CCCC1CC1.NC(=S)N=C(N)N. The fourth-order valence-corrected chi connectivity index (χ4v) is 1.05. The van der Waals surface area contributed by atoms with Gasteiger partial charge in [-0.1, -0.05) is 32.6 Å². The molecule has 0 radical (unpaired) electrons. The van der Waals surface area contributed by atoms with Gasteiger partial charge in [-0.3, -0.25) is 0 Å². The Balaban J connectivity index is 0.000000223. The summed E-state index contributed by atoms with van der Waals surface area (Å²) in [6, 6.07) is 0. The number of hydrogen-bond donors (Lipinski definition) is 3. The third kappa shape index (κ3) is 11.2. The molecule has 0 amide bonds. The summed E-state index contributed by atoms with van der Waals surface area (Å²) in [5.41, 5.74) is 14.6. The van der Waals surface area contributed by atoms with E-state index in [9.17, 15) is 0 Å². The van der Waals surface area contributed by atoms with E-state index in [1.807, 2.05) is 0 Å². The van der Waals surface area contributed by atoms with Gasteiger partial charge < -0.3 is 17.2 Å². The van der Waals surface area contributed by atoms with Gasteiger partial charge in [0, 0.05) is 0 Å². The molecule has 1 saturated carbocycles. The maximum Gasteiger partial charge on any atom is 0.193 e. The minimum Gasteiger partial charge on any atom is -0.374 e. The van der Waals surface area contributed by atoms with Crippen molar-refractivity contribution >= 4 is 23.3 Å². The van der Waals surface area contributed by atoms with Crippen LogP contribution in [0.5, 0.6) is 0 Å². The van der Waals surface area contributed by atoms with Crippen LogP contribution in [0.15, 0.2) is 4.99 Å². The van der Waals surface area contributed by atoms with Crippen molar-refractivity contribution in [1.29, 1.82) is 0 Å². The molecule has 0 unspecified atom stereocenters. The largest absolute Gasteiger partial charge is 0.374 e. The van der Waals surface area contributed by atoms with Crippen molar-refractivity contribution in [3.05, 3.63) is 0 Å². The molecule has 6 N–H and O–H groups in total. The number of nitrogens with two attached hydrogens (primary N) is 3. The highest BCUT2D eigenvalue weighted by atomic mass is 32.1. The van der Waals surface area contributed by atoms with Gasteiger partial charge >= 0.3 is 0 Å². The van der Waals surface area contributed by atoms with Crippen molar-refractivity contribution in [3.63, 3.8) is 0 Å². The summed E-state index contributed by atoms with van der Waals surface area (Å²) >= 11 is 4.30. The fraction of sp³-hybridized carbons (Fsp3) is 0.750.